The molecule has 1 aromatic rings. The average Bonchev–Trinajstić information content (AvgIpc) is 2.04. The Bertz CT molecular complexity index is 339. The molecule has 1 N–H and O–H groups in total. The molecule has 70 valence electrons. The zero-order chi connectivity index (χ0) is 10.0. The summed E-state index contributed by atoms with van der Waals surface area (Å²) in [5.74, 6) is -1.06. The second-order valence-corrected chi connectivity index (χ2v) is 3.13. The molecule has 0 spiro atoms. The maximum atomic E-state index is 10.6. The van der Waals surface area contributed by atoms with E-state index >= 15 is 0 Å². The molecule has 1 rings (SSSR count). The minimum absolute atomic E-state index is 0.00639. The first-order valence-electron chi connectivity index (χ1n) is 3.58. The molecule has 0 aromatic carbocycles. The predicted octanol–water partition coefficient (Wildman–Crippen LogP) is 1.50. The SMILES string of the molecule is CN(C)c1cc(C(=O)O)ncc1Cl. The number of hydrogen-bond acceptors (Lipinski definition) is 3. The number of halogens is 1. The number of nitrogens with zero attached hydrogens (tertiary/aromatic N) is 2. The zero-order valence-electron chi connectivity index (χ0n) is 7.28. The summed E-state index contributed by atoms with van der Waals surface area (Å²) in [4.78, 5) is 16.0. The van der Waals surface area contributed by atoms with Gasteiger partial charge in [0.05, 0.1) is 10.7 Å². The fraction of sp³-hybridized carbons (Fsp3) is 0.250. The van der Waals surface area contributed by atoms with Crippen LogP contribution in [-0.4, -0.2) is 30.2 Å². The van der Waals surface area contributed by atoms with Crippen LogP contribution in [0.1, 0.15) is 10.5 Å². The van der Waals surface area contributed by atoms with Gasteiger partial charge in [0.15, 0.2) is 0 Å². The Labute approximate surface area is 80.8 Å². The standard InChI is InChI=1S/C8H9ClN2O2/c1-11(2)7-3-6(8(12)13)10-4-5(7)9/h3-4H,1-2H3,(H,12,13). The highest BCUT2D eigenvalue weighted by atomic mass is 35.5. The van der Waals surface area contributed by atoms with E-state index in [1.54, 1.807) is 19.0 Å². The van der Waals surface area contributed by atoms with Crippen molar-refractivity contribution in [1.82, 2.24) is 4.98 Å². The van der Waals surface area contributed by atoms with E-state index < -0.39 is 5.97 Å². The van der Waals surface area contributed by atoms with E-state index in [9.17, 15) is 4.79 Å². The van der Waals surface area contributed by atoms with Gasteiger partial charge in [-0.1, -0.05) is 11.6 Å². The Balaban J connectivity index is 3.19. The molecule has 0 bridgehead atoms. The van der Waals surface area contributed by atoms with Crippen LogP contribution in [0.3, 0.4) is 0 Å². The molecule has 0 atom stereocenters. The number of carboxylic acids is 1. The normalized spacial score (nSPS) is 9.77. The topological polar surface area (TPSA) is 53.4 Å². The van der Waals surface area contributed by atoms with E-state index in [1.165, 1.54) is 12.3 Å². The van der Waals surface area contributed by atoms with Crippen LogP contribution in [0.2, 0.25) is 5.02 Å². The summed E-state index contributed by atoms with van der Waals surface area (Å²) in [6.45, 7) is 0. The number of aromatic carboxylic acids is 1. The van der Waals surface area contributed by atoms with Crippen molar-refractivity contribution in [3.05, 3.63) is 23.0 Å². The summed E-state index contributed by atoms with van der Waals surface area (Å²) in [6.07, 6.45) is 1.33. The number of rotatable bonds is 2. The van der Waals surface area contributed by atoms with Crippen LogP contribution in [0.5, 0.6) is 0 Å². The van der Waals surface area contributed by atoms with Crippen LogP contribution in [0, 0.1) is 0 Å². The van der Waals surface area contributed by atoms with Crippen LogP contribution in [0.15, 0.2) is 12.3 Å². The Kier molecular flexibility index (Phi) is 2.72. The first kappa shape index (κ1) is 9.80. The molecular weight excluding hydrogens is 192 g/mol. The Morgan fingerprint density at radius 1 is 1.62 bits per heavy atom. The van der Waals surface area contributed by atoms with Crippen LogP contribution in [0.4, 0.5) is 5.69 Å². The number of carboxylic acid groups (broad SMARTS) is 1. The first-order chi connectivity index (χ1) is 6.02. The maximum absolute atomic E-state index is 10.6. The molecule has 0 saturated heterocycles. The van der Waals surface area contributed by atoms with Gasteiger partial charge in [0.2, 0.25) is 0 Å². The molecule has 0 fully saturated rings. The second kappa shape index (κ2) is 3.62. The lowest BCUT2D eigenvalue weighted by Gasteiger charge is -2.13. The molecule has 13 heavy (non-hydrogen) atoms. The van der Waals surface area contributed by atoms with Gasteiger partial charge in [-0.2, -0.15) is 0 Å². The van der Waals surface area contributed by atoms with Gasteiger partial charge >= 0.3 is 5.97 Å². The van der Waals surface area contributed by atoms with Gasteiger partial charge < -0.3 is 10.0 Å². The van der Waals surface area contributed by atoms with Crippen molar-refractivity contribution in [3.63, 3.8) is 0 Å². The van der Waals surface area contributed by atoms with Crippen molar-refractivity contribution in [2.75, 3.05) is 19.0 Å². The van der Waals surface area contributed by atoms with Crippen molar-refractivity contribution in [2.24, 2.45) is 0 Å². The van der Waals surface area contributed by atoms with Crippen molar-refractivity contribution in [3.8, 4) is 0 Å². The minimum atomic E-state index is -1.06. The van der Waals surface area contributed by atoms with Crippen LogP contribution in [-0.2, 0) is 0 Å². The molecule has 0 aliphatic heterocycles. The number of anilines is 1. The maximum Gasteiger partial charge on any atom is 0.354 e. The van der Waals surface area contributed by atoms with Gasteiger partial charge in [-0.3, -0.25) is 0 Å². The van der Waals surface area contributed by atoms with E-state index in [1.807, 2.05) is 0 Å². The predicted molar refractivity (Wildman–Crippen MR) is 50.5 cm³/mol. The lowest BCUT2D eigenvalue weighted by atomic mass is 10.3. The smallest absolute Gasteiger partial charge is 0.354 e. The van der Waals surface area contributed by atoms with Crippen LogP contribution >= 0.6 is 11.6 Å². The third kappa shape index (κ3) is 2.09. The Morgan fingerprint density at radius 3 is 2.69 bits per heavy atom. The molecular formula is C8H9ClN2O2. The average molecular weight is 201 g/mol. The highest BCUT2D eigenvalue weighted by Gasteiger charge is 2.09. The van der Waals surface area contributed by atoms with Crippen molar-refractivity contribution in [1.29, 1.82) is 0 Å². The molecule has 5 heteroatoms. The van der Waals surface area contributed by atoms with E-state index in [2.05, 4.69) is 4.98 Å². The lowest BCUT2D eigenvalue weighted by molar-refractivity contribution is 0.0690. The summed E-state index contributed by atoms with van der Waals surface area (Å²) in [6, 6.07) is 1.44. The van der Waals surface area contributed by atoms with Crippen molar-refractivity contribution >= 4 is 23.3 Å². The molecule has 0 saturated carbocycles. The third-order valence-corrected chi connectivity index (χ3v) is 1.83. The molecule has 0 amide bonds. The fourth-order valence-electron chi connectivity index (χ4n) is 0.888. The highest BCUT2D eigenvalue weighted by molar-refractivity contribution is 6.33. The molecule has 4 nitrogen and oxygen atoms in total. The molecule has 1 heterocycles. The molecule has 0 unspecified atom stereocenters. The minimum Gasteiger partial charge on any atom is -0.477 e. The molecule has 0 aliphatic rings. The molecule has 1 aromatic heterocycles. The van der Waals surface area contributed by atoms with Gasteiger partial charge in [0.25, 0.3) is 0 Å². The highest BCUT2D eigenvalue weighted by Crippen LogP contribution is 2.23. The summed E-state index contributed by atoms with van der Waals surface area (Å²) < 4.78 is 0. The lowest BCUT2D eigenvalue weighted by Crippen LogP contribution is -2.11. The second-order valence-electron chi connectivity index (χ2n) is 2.72. The largest absolute Gasteiger partial charge is 0.477 e. The van der Waals surface area contributed by atoms with Gasteiger partial charge in [-0.25, -0.2) is 9.78 Å². The van der Waals surface area contributed by atoms with Gasteiger partial charge in [0, 0.05) is 20.3 Å². The Morgan fingerprint density at radius 2 is 2.23 bits per heavy atom. The van der Waals surface area contributed by atoms with E-state index in [-0.39, 0.29) is 5.69 Å². The van der Waals surface area contributed by atoms with E-state index in [0.29, 0.717) is 10.7 Å². The van der Waals surface area contributed by atoms with E-state index in [4.69, 9.17) is 16.7 Å². The van der Waals surface area contributed by atoms with Gasteiger partial charge in [-0.15, -0.1) is 0 Å². The number of carbonyl (C=O) groups is 1. The summed E-state index contributed by atoms with van der Waals surface area (Å²) in [5.41, 5.74) is 0.641. The van der Waals surface area contributed by atoms with E-state index in [0.717, 1.165) is 0 Å². The molecule has 0 aliphatic carbocycles. The summed E-state index contributed by atoms with van der Waals surface area (Å²) in [7, 11) is 3.57. The fourth-order valence-corrected chi connectivity index (χ4v) is 1.16. The van der Waals surface area contributed by atoms with Crippen LogP contribution < -0.4 is 4.90 Å². The van der Waals surface area contributed by atoms with Crippen molar-refractivity contribution < 1.29 is 9.90 Å². The number of pyridine rings is 1. The number of hydrogen-bond donors (Lipinski definition) is 1. The Hall–Kier alpha value is -1.29. The zero-order valence-corrected chi connectivity index (χ0v) is 8.04. The summed E-state index contributed by atoms with van der Waals surface area (Å²) >= 11 is 5.80. The first-order valence-corrected chi connectivity index (χ1v) is 3.96. The molecule has 0 radical (unpaired) electrons. The van der Waals surface area contributed by atoms with Crippen LogP contribution in [0.25, 0.3) is 0 Å². The third-order valence-electron chi connectivity index (χ3n) is 1.54. The van der Waals surface area contributed by atoms with Gasteiger partial charge in [-0.05, 0) is 6.07 Å². The monoisotopic (exact) mass is 200 g/mol. The quantitative estimate of drug-likeness (QED) is 0.786. The van der Waals surface area contributed by atoms with Gasteiger partial charge in [0.1, 0.15) is 5.69 Å². The van der Waals surface area contributed by atoms with Crippen molar-refractivity contribution in [2.45, 2.75) is 0 Å². The number of aromatic nitrogens is 1. The summed E-state index contributed by atoms with van der Waals surface area (Å²) in [5, 5.41) is 9.10.